The molecule has 4 rings (SSSR count). The second-order valence-electron chi connectivity index (χ2n) is 7.40. The van der Waals surface area contributed by atoms with Crippen LogP contribution >= 0.6 is 56.5 Å². The van der Waals surface area contributed by atoms with Gasteiger partial charge >= 0.3 is 5.97 Å². The number of phenolic OH excluding ortho intramolecular Hbond substituents is 1. The number of methoxy groups -OCH3 is 1. The van der Waals surface area contributed by atoms with Gasteiger partial charge in [-0.25, -0.2) is 9.79 Å². The first-order valence-electron chi connectivity index (χ1n) is 10.3. The average Bonchev–Trinajstić information content (AvgIpc) is 3.10. The van der Waals surface area contributed by atoms with E-state index in [1.807, 2.05) is 24.3 Å². The summed E-state index contributed by atoms with van der Waals surface area (Å²) in [4.78, 5) is 31.6. The van der Waals surface area contributed by atoms with Gasteiger partial charge in [-0.15, -0.1) is 0 Å². The number of hydrogen-bond acceptors (Lipinski definition) is 7. The number of halogens is 2. The van der Waals surface area contributed by atoms with Crippen LogP contribution in [0.1, 0.15) is 31.0 Å². The topological polar surface area (TPSA) is 90.1 Å². The maximum atomic E-state index is 13.6. The minimum Gasteiger partial charge on any atom is -0.506 e. The van der Waals surface area contributed by atoms with Crippen molar-refractivity contribution in [2.24, 2.45) is 4.99 Å². The van der Waals surface area contributed by atoms with Crippen molar-refractivity contribution >= 4 is 68.6 Å². The fraction of sp³-hybridized carbons (Fsp3) is 0.208. The van der Waals surface area contributed by atoms with Gasteiger partial charge in [-0.1, -0.05) is 23.5 Å². The van der Waals surface area contributed by atoms with Gasteiger partial charge in [-0.05, 0) is 94.9 Å². The van der Waals surface area contributed by atoms with Gasteiger partial charge in [0.2, 0.25) is 0 Å². The molecular formula is C24H20I2N2O5S. The number of rotatable bonds is 5. The molecule has 7 nitrogen and oxygen atoms in total. The van der Waals surface area contributed by atoms with E-state index >= 15 is 0 Å². The Morgan fingerprint density at radius 3 is 2.62 bits per heavy atom. The van der Waals surface area contributed by atoms with Crippen molar-refractivity contribution < 1.29 is 19.4 Å². The highest BCUT2D eigenvalue weighted by Crippen LogP contribution is 2.32. The smallest absolute Gasteiger partial charge is 0.338 e. The van der Waals surface area contributed by atoms with Crippen LogP contribution in [0.3, 0.4) is 0 Å². The molecule has 0 amide bonds. The molecule has 1 aromatic heterocycles. The Labute approximate surface area is 226 Å². The monoisotopic (exact) mass is 702 g/mol. The number of fused-ring (bicyclic) bond motifs is 1. The molecule has 1 aliphatic heterocycles. The van der Waals surface area contributed by atoms with Gasteiger partial charge in [0, 0.05) is 9.13 Å². The molecule has 176 valence electrons. The number of hydrogen-bond donors (Lipinski definition) is 1. The molecule has 0 fully saturated rings. The van der Waals surface area contributed by atoms with Crippen LogP contribution in [0.2, 0.25) is 0 Å². The molecule has 0 spiro atoms. The summed E-state index contributed by atoms with van der Waals surface area (Å²) in [6, 6.07) is 10.2. The third kappa shape index (κ3) is 4.67. The zero-order valence-electron chi connectivity index (χ0n) is 18.5. The molecule has 3 aromatic rings. The fourth-order valence-corrected chi connectivity index (χ4v) is 6.66. The van der Waals surface area contributed by atoms with E-state index in [1.165, 1.54) is 15.9 Å². The van der Waals surface area contributed by atoms with E-state index in [-0.39, 0.29) is 17.9 Å². The number of carbonyl (C=O) groups excluding carboxylic acids is 1. The van der Waals surface area contributed by atoms with Gasteiger partial charge in [0.1, 0.15) is 11.5 Å². The van der Waals surface area contributed by atoms with Crippen LogP contribution in [-0.2, 0) is 9.53 Å². The lowest BCUT2D eigenvalue weighted by Crippen LogP contribution is -2.39. The number of carbonyl (C=O) groups is 1. The van der Waals surface area contributed by atoms with E-state index in [0.717, 1.165) is 9.13 Å². The predicted molar refractivity (Wildman–Crippen MR) is 147 cm³/mol. The van der Waals surface area contributed by atoms with Crippen LogP contribution in [0.15, 0.2) is 57.5 Å². The van der Waals surface area contributed by atoms with E-state index in [0.29, 0.717) is 35.5 Å². The van der Waals surface area contributed by atoms with Crippen molar-refractivity contribution in [3.63, 3.8) is 0 Å². The Morgan fingerprint density at radius 2 is 1.97 bits per heavy atom. The standard InChI is InChI=1S/C24H20I2N2O5S/c1-4-33-23(31)19-12(2)27-24-28(20(19)13-5-7-16(32-3)8-6-13)22(30)18(34-24)10-14-9-15(25)11-17(26)21(14)29/h5-11,20,29H,4H2,1-3H3/b18-10+/t20-/m1/s1. The average molecular weight is 702 g/mol. The zero-order chi connectivity index (χ0) is 24.6. The Kier molecular flexibility index (Phi) is 7.48. The first kappa shape index (κ1) is 24.9. The number of thiazole rings is 1. The zero-order valence-corrected chi connectivity index (χ0v) is 23.6. The molecule has 0 saturated heterocycles. The summed E-state index contributed by atoms with van der Waals surface area (Å²) in [5.74, 6) is 0.268. The molecule has 34 heavy (non-hydrogen) atoms. The first-order chi connectivity index (χ1) is 16.2. The maximum Gasteiger partial charge on any atom is 0.338 e. The highest BCUT2D eigenvalue weighted by Gasteiger charge is 2.33. The number of aromatic nitrogens is 1. The number of nitrogens with zero attached hydrogens (tertiary/aromatic N) is 2. The quantitative estimate of drug-likeness (QED) is 0.324. The molecule has 0 unspecified atom stereocenters. The summed E-state index contributed by atoms with van der Waals surface area (Å²) in [6.45, 7) is 3.69. The number of phenols is 1. The van der Waals surface area contributed by atoms with E-state index in [1.54, 1.807) is 39.2 Å². The van der Waals surface area contributed by atoms with Crippen molar-refractivity contribution in [1.82, 2.24) is 4.57 Å². The van der Waals surface area contributed by atoms with Crippen molar-refractivity contribution in [1.29, 1.82) is 0 Å². The number of benzene rings is 2. The van der Waals surface area contributed by atoms with E-state index < -0.39 is 12.0 Å². The van der Waals surface area contributed by atoms with Crippen molar-refractivity contribution in [2.75, 3.05) is 13.7 Å². The van der Waals surface area contributed by atoms with Gasteiger partial charge in [-0.2, -0.15) is 0 Å². The first-order valence-corrected chi connectivity index (χ1v) is 13.2. The lowest BCUT2D eigenvalue weighted by Gasteiger charge is -2.24. The summed E-state index contributed by atoms with van der Waals surface area (Å²) in [5, 5.41) is 10.5. The Balaban J connectivity index is 1.97. The summed E-state index contributed by atoms with van der Waals surface area (Å²) in [7, 11) is 1.58. The van der Waals surface area contributed by atoms with E-state index in [9.17, 15) is 14.7 Å². The van der Waals surface area contributed by atoms with Crippen LogP contribution < -0.4 is 19.6 Å². The maximum absolute atomic E-state index is 13.6. The molecule has 1 N–H and O–H groups in total. The fourth-order valence-electron chi connectivity index (χ4n) is 3.73. The van der Waals surface area contributed by atoms with Gasteiger partial charge in [0.05, 0.1) is 39.1 Å². The Bertz CT molecular complexity index is 1490. The van der Waals surface area contributed by atoms with Crippen LogP contribution in [0.25, 0.3) is 6.08 Å². The lowest BCUT2D eigenvalue weighted by molar-refractivity contribution is -0.139. The number of aromatic hydroxyl groups is 1. The summed E-state index contributed by atoms with van der Waals surface area (Å²) in [6.07, 6.45) is 1.66. The van der Waals surface area contributed by atoms with Gasteiger partial charge in [-0.3, -0.25) is 9.36 Å². The van der Waals surface area contributed by atoms with Crippen LogP contribution in [-0.4, -0.2) is 29.4 Å². The van der Waals surface area contributed by atoms with Crippen LogP contribution in [0, 0.1) is 7.14 Å². The molecule has 0 aliphatic carbocycles. The Morgan fingerprint density at radius 1 is 1.26 bits per heavy atom. The molecule has 1 atom stereocenters. The lowest BCUT2D eigenvalue weighted by atomic mass is 9.96. The van der Waals surface area contributed by atoms with Crippen LogP contribution in [0.4, 0.5) is 0 Å². The predicted octanol–water partition coefficient (Wildman–Crippen LogP) is 3.72. The van der Waals surface area contributed by atoms with Crippen molar-refractivity contribution in [2.45, 2.75) is 19.9 Å². The van der Waals surface area contributed by atoms with Gasteiger partial charge in [0.15, 0.2) is 4.80 Å². The molecule has 1 aliphatic rings. The summed E-state index contributed by atoms with van der Waals surface area (Å²) < 4.78 is 14.1. The van der Waals surface area contributed by atoms with E-state index in [2.05, 4.69) is 50.2 Å². The second-order valence-corrected chi connectivity index (χ2v) is 10.8. The third-order valence-corrected chi connectivity index (χ3v) is 7.72. The normalized spacial score (nSPS) is 15.7. The minimum absolute atomic E-state index is 0.113. The Hall–Kier alpha value is -2.19. The summed E-state index contributed by atoms with van der Waals surface area (Å²) in [5.41, 5.74) is 1.80. The molecule has 10 heteroatoms. The molecule has 0 bridgehead atoms. The number of ether oxygens (including phenoxy) is 2. The van der Waals surface area contributed by atoms with Gasteiger partial charge < -0.3 is 14.6 Å². The van der Waals surface area contributed by atoms with Gasteiger partial charge in [0.25, 0.3) is 5.56 Å². The van der Waals surface area contributed by atoms with Crippen LogP contribution in [0.5, 0.6) is 11.5 Å². The molecule has 2 aromatic carbocycles. The highest BCUT2D eigenvalue weighted by atomic mass is 127. The van der Waals surface area contributed by atoms with Crippen molar-refractivity contribution in [3.05, 3.63) is 85.6 Å². The molecule has 2 heterocycles. The summed E-state index contributed by atoms with van der Waals surface area (Å²) >= 11 is 5.44. The molecule has 0 saturated carbocycles. The minimum atomic E-state index is -0.701. The van der Waals surface area contributed by atoms with E-state index in [4.69, 9.17) is 9.47 Å². The molecular weight excluding hydrogens is 682 g/mol. The SMILES string of the molecule is CCOC(=O)C1=C(C)N=c2s/c(=C/c3cc(I)cc(I)c3O)c(=O)n2[C@@H]1c1ccc(OC)cc1. The highest BCUT2D eigenvalue weighted by molar-refractivity contribution is 14.1. The molecule has 0 radical (unpaired) electrons. The second kappa shape index (κ2) is 10.2. The number of esters is 1. The number of allylic oxidation sites excluding steroid dienone is 1. The van der Waals surface area contributed by atoms with Crippen molar-refractivity contribution in [3.8, 4) is 11.5 Å². The third-order valence-electron chi connectivity index (χ3n) is 5.29. The largest absolute Gasteiger partial charge is 0.506 e.